The van der Waals surface area contributed by atoms with Gasteiger partial charge in [-0.1, -0.05) is 6.92 Å². The van der Waals surface area contributed by atoms with E-state index < -0.39 is 5.60 Å². The highest BCUT2D eigenvalue weighted by atomic mass is 16.5. The number of aliphatic hydroxyl groups is 1. The van der Waals surface area contributed by atoms with Gasteiger partial charge in [-0.05, 0) is 38.8 Å². The Balaban J connectivity index is 2.54. The van der Waals surface area contributed by atoms with Crippen molar-refractivity contribution in [3.8, 4) is 11.5 Å². The summed E-state index contributed by atoms with van der Waals surface area (Å²) in [5, 5.41) is 9.08. The number of nitrogens with zero attached hydrogens (tertiary/aromatic N) is 1. The molecule has 126 valence electrons. The summed E-state index contributed by atoms with van der Waals surface area (Å²) >= 11 is 0. The zero-order valence-electron chi connectivity index (χ0n) is 13.8. The third-order valence-electron chi connectivity index (χ3n) is 3.60. The summed E-state index contributed by atoms with van der Waals surface area (Å²) in [6, 6.07) is 3.24. The smallest absolute Gasteiger partial charge is 0.270 e. The van der Waals surface area contributed by atoms with Gasteiger partial charge in [-0.25, -0.2) is 0 Å². The predicted octanol–water partition coefficient (Wildman–Crippen LogP) is 2.17. The second-order valence-corrected chi connectivity index (χ2v) is 5.98. The lowest BCUT2D eigenvalue weighted by molar-refractivity contribution is -0.132. The van der Waals surface area contributed by atoms with Crippen LogP contribution in [0.5, 0.6) is 11.5 Å². The summed E-state index contributed by atoms with van der Waals surface area (Å²) in [4.78, 5) is 25.4. The van der Waals surface area contributed by atoms with Gasteiger partial charge in [0, 0.05) is 18.7 Å². The standard InChI is InChI=1S/C17H23NO5/c1-4-8-22-14-10-12(11-20)9-13-15(14)23-17(2,3)16(21)18(13)6-5-7-19/h9-11,19H,4-8H2,1-3H3. The Morgan fingerprint density at radius 1 is 1.39 bits per heavy atom. The Bertz CT molecular complexity index is 597. The van der Waals surface area contributed by atoms with E-state index in [1.807, 2.05) is 6.92 Å². The molecule has 0 saturated heterocycles. The fourth-order valence-electron chi connectivity index (χ4n) is 2.48. The molecule has 2 rings (SSSR count). The van der Waals surface area contributed by atoms with E-state index in [0.717, 1.165) is 6.42 Å². The summed E-state index contributed by atoms with van der Waals surface area (Å²) in [5.74, 6) is 0.718. The number of hydrogen-bond acceptors (Lipinski definition) is 5. The topological polar surface area (TPSA) is 76.1 Å². The number of hydrogen-bond donors (Lipinski definition) is 1. The molecule has 0 aliphatic carbocycles. The van der Waals surface area contributed by atoms with Gasteiger partial charge in [-0.15, -0.1) is 0 Å². The SMILES string of the molecule is CCCOc1cc(C=O)cc2c1OC(C)(C)C(=O)N2CCCO. The van der Waals surface area contributed by atoms with Crippen LogP contribution in [-0.2, 0) is 4.79 Å². The van der Waals surface area contributed by atoms with Gasteiger partial charge in [0.1, 0.15) is 6.29 Å². The molecule has 0 bridgehead atoms. The highest BCUT2D eigenvalue weighted by molar-refractivity contribution is 6.03. The normalized spacial score (nSPS) is 15.8. The van der Waals surface area contributed by atoms with E-state index >= 15 is 0 Å². The van der Waals surface area contributed by atoms with Crippen LogP contribution in [0, 0.1) is 0 Å². The average molecular weight is 321 g/mol. The number of amides is 1. The predicted molar refractivity (Wildman–Crippen MR) is 86.4 cm³/mol. The number of rotatable bonds is 7. The lowest BCUT2D eigenvalue weighted by Crippen LogP contribution is -2.53. The van der Waals surface area contributed by atoms with E-state index in [1.165, 1.54) is 0 Å². The minimum Gasteiger partial charge on any atom is -0.490 e. The number of fused-ring (bicyclic) bond motifs is 1. The number of benzene rings is 1. The first kappa shape index (κ1) is 17.3. The molecule has 0 saturated carbocycles. The lowest BCUT2D eigenvalue weighted by atomic mass is 10.0. The fourth-order valence-corrected chi connectivity index (χ4v) is 2.48. The number of anilines is 1. The van der Waals surface area contributed by atoms with Gasteiger partial charge in [0.2, 0.25) is 0 Å². The number of aldehydes is 1. The maximum Gasteiger partial charge on any atom is 0.270 e. The van der Waals surface area contributed by atoms with Crippen LogP contribution >= 0.6 is 0 Å². The van der Waals surface area contributed by atoms with Crippen molar-refractivity contribution < 1.29 is 24.2 Å². The van der Waals surface area contributed by atoms with Crippen molar-refractivity contribution in [3.63, 3.8) is 0 Å². The monoisotopic (exact) mass is 321 g/mol. The van der Waals surface area contributed by atoms with Gasteiger partial charge >= 0.3 is 0 Å². The summed E-state index contributed by atoms with van der Waals surface area (Å²) in [7, 11) is 0. The molecule has 6 nitrogen and oxygen atoms in total. The van der Waals surface area contributed by atoms with Gasteiger partial charge in [0.15, 0.2) is 17.1 Å². The quantitative estimate of drug-likeness (QED) is 0.779. The average Bonchev–Trinajstić information content (AvgIpc) is 2.53. The Hall–Kier alpha value is -2.08. The molecule has 1 heterocycles. The summed E-state index contributed by atoms with van der Waals surface area (Å²) in [6.45, 7) is 6.20. The van der Waals surface area contributed by atoms with E-state index in [2.05, 4.69) is 0 Å². The molecule has 1 aliphatic rings. The minimum absolute atomic E-state index is 0.0209. The molecule has 0 radical (unpaired) electrons. The highest BCUT2D eigenvalue weighted by Crippen LogP contribution is 2.45. The zero-order chi connectivity index (χ0) is 17.0. The summed E-state index contributed by atoms with van der Waals surface area (Å²) in [6.07, 6.45) is 1.97. The van der Waals surface area contributed by atoms with E-state index in [4.69, 9.17) is 14.6 Å². The molecule has 1 aromatic rings. The van der Waals surface area contributed by atoms with E-state index in [-0.39, 0.29) is 12.5 Å². The van der Waals surface area contributed by atoms with Crippen LogP contribution < -0.4 is 14.4 Å². The maximum atomic E-state index is 12.6. The van der Waals surface area contributed by atoms with Crippen LogP contribution in [-0.4, -0.2) is 42.7 Å². The minimum atomic E-state index is -1.03. The van der Waals surface area contributed by atoms with E-state index in [9.17, 15) is 9.59 Å². The molecule has 1 aliphatic heterocycles. The van der Waals surface area contributed by atoms with Crippen molar-refractivity contribution in [2.75, 3.05) is 24.7 Å². The van der Waals surface area contributed by atoms with Gasteiger partial charge in [-0.3, -0.25) is 9.59 Å². The van der Waals surface area contributed by atoms with E-state index in [0.29, 0.717) is 48.6 Å². The van der Waals surface area contributed by atoms with Crippen molar-refractivity contribution in [2.45, 2.75) is 39.2 Å². The largest absolute Gasteiger partial charge is 0.490 e. The van der Waals surface area contributed by atoms with Gasteiger partial charge in [0.05, 0.1) is 12.3 Å². The molecular weight excluding hydrogens is 298 g/mol. The van der Waals surface area contributed by atoms with E-state index in [1.54, 1.807) is 30.9 Å². The van der Waals surface area contributed by atoms with Crippen LogP contribution in [0.15, 0.2) is 12.1 Å². The molecule has 0 fully saturated rings. The fraction of sp³-hybridized carbons (Fsp3) is 0.529. The molecule has 0 aromatic heterocycles. The second-order valence-electron chi connectivity index (χ2n) is 5.98. The number of carbonyl (C=O) groups excluding carboxylic acids is 2. The number of aliphatic hydroxyl groups excluding tert-OH is 1. The Morgan fingerprint density at radius 3 is 2.74 bits per heavy atom. The molecule has 23 heavy (non-hydrogen) atoms. The summed E-state index contributed by atoms with van der Waals surface area (Å²) in [5.41, 5.74) is -0.103. The van der Waals surface area contributed by atoms with Gasteiger partial charge in [0.25, 0.3) is 5.91 Å². The Labute approximate surface area is 136 Å². The zero-order valence-corrected chi connectivity index (χ0v) is 13.8. The molecule has 1 N–H and O–H groups in total. The highest BCUT2D eigenvalue weighted by Gasteiger charge is 2.42. The lowest BCUT2D eigenvalue weighted by Gasteiger charge is -2.39. The van der Waals surface area contributed by atoms with Crippen LogP contribution in [0.4, 0.5) is 5.69 Å². The summed E-state index contributed by atoms with van der Waals surface area (Å²) < 4.78 is 11.6. The molecule has 1 amide bonds. The first-order valence-corrected chi connectivity index (χ1v) is 7.82. The molecule has 0 atom stereocenters. The van der Waals surface area contributed by atoms with Crippen LogP contribution in [0.25, 0.3) is 0 Å². The number of carbonyl (C=O) groups is 2. The molecule has 0 spiro atoms. The van der Waals surface area contributed by atoms with Crippen molar-refractivity contribution in [3.05, 3.63) is 17.7 Å². The van der Waals surface area contributed by atoms with Crippen molar-refractivity contribution in [1.29, 1.82) is 0 Å². The number of ether oxygens (including phenoxy) is 2. The van der Waals surface area contributed by atoms with Crippen LogP contribution in [0.1, 0.15) is 44.0 Å². The molecule has 6 heteroatoms. The third-order valence-corrected chi connectivity index (χ3v) is 3.60. The van der Waals surface area contributed by atoms with Crippen molar-refractivity contribution >= 4 is 17.9 Å². The first-order valence-electron chi connectivity index (χ1n) is 7.82. The molecule has 0 unspecified atom stereocenters. The van der Waals surface area contributed by atoms with Crippen LogP contribution in [0.3, 0.4) is 0 Å². The van der Waals surface area contributed by atoms with Crippen LogP contribution in [0.2, 0.25) is 0 Å². The molecule has 1 aromatic carbocycles. The Kier molecular flexibility index (Phi) is 5.26. The first-order chi connectivity index (χ1) is 10.9. The Morgan fingerprint density at radius 2 is 2.13 bits per heavy atom. The van der Waals surface area contributed by atoms with Gasteiger partial charge in [-0.2, -0.15) is 0 Å². The van der Waals surface area contributed by atoms with Crippen molar-refractivity contribution in [1.82, 2.24) is 0 Å². The second kappa shape index (κ2) is 7.00. The molecular formula is C17H23NO5. The van der Waals surface area contributed by atoms with Crippen molar-refractivity contribution in [2.24, 2.45) is 0 Å². The maximum absolute atomic E-state index is 12.6. The van der Waals surface area contributed by atoms with Gasteiger partial charge < -0.3 is 19.5 Å². The third kappa shape index (κ3) is 3.47.